The monoisotopic (exact) mass is 287 g/mol. The van der Waals surface area contributed by atoms with Gasteiger partial charge < -0.3 is 5.32 Å². The van der Waals surface area contributed by atoms with Crippen molar-refractivity contribution in [3.63, 3.8) is 0 Å². The molecule has 1 fully saturated rings. The molecule has 1 aliphatic rings. The zero-order chi connectivity index (χ0) is 13.8. The van der Waals surface area contributed by atoms with Crippen LogP contribution in [-0.4, -0.2) is 13.1 Å². The quantitative estimate of drug-likeness (QED) is 0.764. The van der Waals surface area contributed by atoms with Crippen molar-refractivity contribution in [3.05, 3.63) is 35.2 Å². The first-order chi connectivity index (χ1) is 9.90. The van der Waals surface area contributed by atoms with Gasteiger partial charge in [0.25, 0.3) is 0 Å². The zero-order valence-electron chi connectivity index (χ0n) is 12.4. The van der Waals surface area contributed by atoms with Crippen LogP contribution in [0.4, 0.5) is 0 Å². The Kier molecular flexibility index (Phi) is 4.74. The largest absolute Gasteiger partial charge is 0.317 e. The standard InChI is InChI=1S/C18H25NS/c1-2-19-13-15-7-4-3-5-9-16(15)17-10-6-8-14-11-12-20-18(14)17/h6,8,10-12,15-16,19H,2-5,7,9,13H2,1H3. The normalized spacial score (nSPS) is 23.9. The Morgan fingerprint density at radius 3 is 2.95 bits per heavy atom. The highest BCUT2D eigenvalue weighted by Crippen LogP contribution is 2.40. The molecule has 2 aromatic rings. The van der Waals surface area contributed by atoms with E-state index in [1.807, 2.05) is 11.3 Å². The van der Waals surface area contributed by atoms with E-state index in [1.165, 1.54) is 48.7 Å². The van der Waals surface area contributed by atoms with Crippen LogP contribution in [0.15, 0.2) is 29.6 Å². The Balaban J connectivity index is 1.93. The molecule has 20 heavy (non-hydrogen) atoms. The molecular weight excluding hydrogens is 262 g/mol. The highest BCUT2D eigenvalue weighted by atomic mass is 32.1. The van der Waals surface area contributed by atoms with Crippen LogP contribution in [-0.2, 0) is 0 Å². The summed E-state index contributed by atoms with van der Waals surface area (Å²) < 4.78 is 1.53. The maximum Gasteiger partial charge on any atom is 0.0377 e. The van der Waals surface area contributed by atoms with Crippen LogP contribution in [0.5, 0.6) is 0 Å². The predicted molar refractivity (Wildman–Crippen MR) is 89.7 cm³/mol. The van der Waals surface area contributed by atoms with E-state index in [1.54, 1.807) is 5.56 Å². The molecule has 1 nitrogen and oxygen atoms in total. The van der Waals surface area contributed by atoms with Crippen LogP contribution in [0.1, 0.15) is 50.5 Å². The third kappa shape index (κ3) is 2.91. The van der Waals surface area contributed by atoms with E-state index in [2.05, 4.69) is 41.9 Å². The van der Waals surface area contributed by atoms with Gasteiger partial charge in [0, 0.05) is 4.70 Å². The van der Waals surface area contributed by atoms with Crippen LogP contribution in [0, 0.1) is 5.92 Å². The Labute approximate surface area is 126 Å². The van der Waals surface area contributed by atoms with Crippen molar-refractivity contribution in [2.24, 2.45) is 5.92 Å². The molecule has 0 saturated heterocycles. The van der Waals surface area contributed by atoms with E-state index >= 15 is 0 Å². The summed E-state index contributed by atoms with van der Waals surface area (Å²) in [4.78, 5) is 0. The first-order valence-electron chi connectivity index (χ1n) is 8.07. The van der Waals surface area contributed by atoms with Gasteiger partial charge in [-0.25, -0.2) is 0 Å². The lowest BCUT2D eigenvalue weighted by Gasteiger charge is -2.26. The average Bonchev–Trinajstić information content (AvgIpc) is 2.84. The Morgan fingerprint density at radius 2 is 2.05 bits per heavy atom. The molecule has 1 aliphatic carbocycles. The summed E-state index contributed by atoms with van der Waals surface area (Å²) >= 11 is 1.92. The van der Waals surface area contributed by atoms with Gasteiger partial charge in [-0.05, 0) is 60.2 Å². The van der Waals surface area contributed by atoms with Gasteiger partial charge >= 0.3 is 0 Å². The number of hydrogen-bond acceptors (Lipinski definition) is 2. The predicted octanol–water partition coefficient (Wildman–Crippen LogP) is 5.17. The van der Waals surface area contributed by atoms with Gasteiger partial charge in [-0.15, -0.1) is 11.3 Å². The van der Waals surface area contributed by atoms with Crippen LogP contribution >= 0.6 is 11.3 Å². The molecule has 0 radical (unpaired) electrons. The van der Waals surface area contributed by atoms with Gasteiger partial charge in [-0.3, -0.25) is 0 Å². The van der Waals surface area contributed by atoms with Crippen molar-refractivity contribution in [1.29, 1.82) is 0 Å². The highest BCUT2D eigenvalue weighted by Gasteiger charge is 2.26. The summed E-state index contributed by atoms with van der Waals surface area (Å²) in [6, 6.07) is 9.15. The number of hydrogen-bond donors (Lipinski definition) is 1. The summed E-state index contributed by atoms with van der Waals surface area (Å²) in [5.74, 6) is 1.56. The molecule has 3 rings (SSSR count). The zero-order valence-corrected chi connectivity index (χ0v) is 13.2. The highest BCUT2D eigenvalue weighted by molar-refractivity contribution is 7.17. The lowest BCUT2D eigenvalue weighted by atomic mass is 9.82. The molecule has 2 atom stereocenters. The lowest BCUT2D eigenvalue weighted by molar-refractivity contribution is 0.380. The topological polar surface area (TPSA) is 12.0 Å². The minimum absolute atomic E-state index is 0.749. The SMILES string of the molecule is CCNCC1CCCCCC1c1cccc2ccsc12. The van der Waals surface area contributed by atoms with Gasteiger partial charge in [0.05, 0.1) is 0 Å². The van der Waals surface area contributed by atoms with Crippen LogP contribution in [0.3, 0.4) is 0 Å². The molecule has 2 unspecified atom stereocenters. The lowest BCUT2D eigenvalue weighted by Crippen LogP contribution is -2.26. The van der Waals surface area contributed by atoms with Gasteiger partial charge in [0.1, 0.15) is 0 Å². The average molecular weight is 287 g/mol. The summed E-state index contributed by atoms with van der Waals surface area (Å²) in [6.45, 7) is 4.49. The van der Waals surface area contributed by atoms with E-state index in [-0.39, 0.29) is 0 Å². The van der Waals surface area contributed by atoms with Crippen LogP contribution in [0.2, 0.25) is 0 Å². The fourth-order valence-electron chi connectivity index (χ4n) is 3.68. The molecular formula is C18H25NS. The number of nitrogens with one attached hydrogen (secondary N) is 1. The first kappa shape index (κ1) is 14.1. The number of benzene rings is 1. The number of thiophene rings is 1. The van der Waals surface area contributed by atoms with E-state index in [4.69, 9.17) is 0 Å². The van der Waals surface area contributed by atoms with Gasteiger partial charge in [0.2, 0.25) is 0 Å². The van der Waals surface area contributed by atoms with Crippen LogP contribution in [0.25, 0.3) is 10.1 Å². The number of fused-ring (bicyclic) bond motifs is 1. The van der Waals surface area contributed by atoms with E-state index in [0.717, 1.165) is 18.4 Å². The van der Waals surface area contributed by atoms with Crippen molar-refractivity contribution in [1.82, 2.24) is 5.32 Å². The molecule has 0 amide bonds. The minimum atomic E-state index is 0.749. The fourth-order valence-corrected chi connectivity index (χ4v) is 4.65. The fraction of sp³-hybridized carbons (Fsp3) is 0.556. The summed E-state index contributed by atoms with van der Waals surface area (Å²) in [5, 5.41) is 7.26. The molecule has 1 N–H and O–H groups in total. The maximum atomic E-state index is 3.59. The maximum absolute atomic E-state index is 3.59. The number of rotatable bonds is 4. The van der Waals surface area contributed by atoms with Crippen molar-refractivity contribution < 1.29 is 0 Å². The molecule has 1 aromatic carbocycles. The van der Waals surface area contributed by atoms with E-state index in [9.17, 15) is 0 Å². The van der Waals surface area contributed by atoms with Crippen LogP contribution < -0.4 is 5.32 Å². The Hall–Kier alpha value is -0.860. The van der Waals surface area contributed by atoms with Crippen molar-refractivity contribution in [2.45, 2.75) is 44.9 Å². The van der Waals surface area contributed by atoms with Gasteiger partial charge in [0.15, 0.2) is 0 Å². The second-order valence-corrected chi connectivity index (χ2v) is 6.91. The Bertz CT molecular complexity index is 545. The first-order valence-corrected chi connectivity index (χ1v) is 8.95. The molecule has 1 saturated carbocycles. The smallest absolute Gasteiger partial charge is 0.0377 e. The van der Waals surface area contributed by atoms with Gasteiger partial charge in [-0.2, -0.15) is 0 Å². The summed E-state index contributed by atoms with van der Waals surface area (Å²) in [5.41, 5.74) is 1.61. The van der Waals surface area contributed by atoms with Crippen molar-refractivity contribution >= 4 is 21.4 Å². The molecule has 108 valence electrons. The van der Waals surface area contributed by atoms with Gasteiger partial charge in [-0.1, -0.05) is 44.4 Å². The summed E-state index contributed by atoms with van der Waals surface area (Å²) in [6.07, 6.45) is 6.98. The molecule has 2 heteroatoms. The Morgan fingerprint density at radius 1 is 1.15 bits per heavy atom. The molecule has 1 aromatic heterocycles. The molecule has 0 bridgehead atoms. The van der Waals surface area contributed by atoms with Crippen molar-refractivity contribution in [2.75, 3.05) is 13.1 Å². The minimum Gasteiger partial charge on any atom is -0.317 e. The molecule has 0 aliphatic heterocycles. The van der Waals surface area contributed by atoms with E-state index in [0.29, 0.717) is 0 Å². The molecule has 1 heterocycles. The second kappa shape index (κ2) is 6.73. The third-order valence-corrected chi connectivity index (χ3v) is 5.70. The summed E-state index contributed by atoms with van der Waals surface area (Å²) in [7, 11) is 0. The van der Waals surface area contributed by atoms with Crippen molar-refractivity contribution in [3.8, 4) is 0 Å². The van der Waals surface area contributed by atoms with E-state index < -0.39 is 0 Å². The third-order valence-electron chi connectivity index (χ3n) is 4.72. The molecule has 0 spiro atoms. The second-order valence-electron chi connectivity index (χ2n) is 6.00.